The van der Waals surface area contributed by atoms with Gasteiger partial charge in [-0.05, 0) is 24.9 Å². The summed E-state index contributed by atoms with van der Waals surface area (Å²) in [4.78, 5) is 0. The summed E-state index contributed by atoms with van der Waals surface area (Å²) in [6.45, 7) is 2.75. The quantitative estimate of drug-likeness (QED) is 0.633. The molecular weight excluding hydrogens is 213 g/mol. The van der Waals surface area contributed by atoms with Crippen LogP contribution in [0.25, 0.3) is 0 Å². The molecule has 96 valence electrons. The molecule has 0 saturated heterocycles. The van der Waals surface area contributed by atoms with Gasteiger partial charge in [0.25, 0.3) is 0 Å². The number of hydrogen-bond acceptors (Lipinski definition) is 1. The molecule has 1 atom stereocenters. The number of rotatable bonds is 9. The van der Waals surface area contributed by atoms with E-state index in [9.17, 15) is 4.39 Å². The largest absolute Gasteiger partial charge is 0.310 e. The molecule has 0 saturated carbocycles. The molecule has 0 heterocycles. The van der Waals surface area contributed by atoms with E-state index >= 15 is 0 Å². The first-order chi connectivity index (χ1) is 8.38. The lowest BCUT2D eigenvalue weighted by molar-refractivity contribution is 0.423. The van der Waals surface area contributed by atoms with Crippen molar-refractivity contribution in [3.63, 3.8) is 0 Å². The van der Waals surface area contributed by atoms with Gasteiger partial charge in [-0.2, -0.15) is 0 Å². The van der Waals surface area contributed by atoms with Crippen molar-refractivity contribution in [1.29, 1.82) is 0 Å². The van der Waals surface area contributed by atoms with Gasteiger partial charge < -0.3 is 5.32 Å². The van der Waals surface area contributed by atoms with Crippen LogP contribution in [0.5, 0.6) is 0 Å². The normalized spacial score (nSPS) is 12.6. The standard InChI is InChI=1S/C15H24FN/c1-2-3-5-11-15(17-13-8-12-16)14-9-6-4-7-10-14/h4,6-7,9-10,15,17H,2-3,5,8,11-13H2,1H3. The molecule has 1 unspecified atom stereocenters. The summed E-state index contributed by atoms with van der Waals surface area (Å²) in [6, 6.07) is 10.9. The minimum absolute atomic E-state index is 0.233. The van der Waals surface area contributed by atoms with Crippen molar-refractivity contribution in [1.82, 2.24) is 5.32 Å². The van der Waals surface area contributed by atoms with E-state index in [-0.39, 0.29) is 6.67 Å². The number of alkyl halides is 1. The number of halogens is 1. The second-order valence-corrected chi connectivity index (χ2v) is 4.46. The highest BCUT2D eigenvalue weighted by atomic mass is 19.1. The lowest BCUT2D eigenvalue weighted by Gasteiger charge is -2.19. The van der Waals surface area contributed by atoms with Crippen LogP contribution < -0.4 is 5.32 Å². The summed E-state index contributed by atoms with van der Waals surface area (Å²) in [5.74, 6) is 0. The molecule has 2 heteroatoms. The molecule has 1 nitrogen and oxygen atoms in total. The zero-order valence-electron chi connectivity index (χ0n) is 10.8. The van der Waals surface area contributed by atoms with E-state index in [1.54, 1.807) is 0 Å². The van der Waals surface area contributed by atoms with E-state index in [0.717, 1.165) is 13.0 Å². The summed E-state index contributed by atoms with van der Waals surface area (Å²) in [5.41, 5.74) is 1.32. The van der Waals surface area contributed by atoms with Crippen molar-refractivity contribution < 1.29 is 4.39 Å². The number of nitrogens with one attached hydrogen (secondary N) is 1. The van der Waals surface area contributed by atoms with Gasteiger partial charge in [-0.25, -0.2) is 0 Å². The van der Waals surface area contributed by atoms with Crippen LogP contribution in [0.15, 0.2) is 30.3 Å². The molecule has 0 amide bonds. The second kappa shape index (κ2) is 9.17. The molecule has 0 bridgehead atoms. The number of benzene rings is 1. The van der Waals surface area contributed by atoms with Crippen LogP contribution in [0.2, 0.25) is 0 Å². The van der Waals surface area contributed by atoms with E-state index in [1.165, 1.54) is 24.8 Å². The molecule has 1 aromatic rings. The Kier molecular flexibility index (Phi) is 7.65. The molecule has 0 radical (unpaired) electrons. The first-order valence-electron chi connectivity index (χ1n) is 6.72. The Labute approximate surface area is 104 Å². The van der Waals surface area contributed by atoms with Crippen LogP contribution in [-0.4, -0.2) is 13.2 Å². The first kappa shape index (κ1) is 14.2. The predicted octanol–water partition coefficient (Wildman–Crippen LogP) is 4.26. The predicted molar refractivity (Wildman–Crippen MR) is 71.9 cm³/mol. The third-order valence-corrected chi connectivity index (χ3v) is 3.00. The van der Waals surface area contributed by atoms with Gasteiger partial charge in [-0.15, -0.1) is 0 Å². The van der Waals surface area contributed by atoms with Gasteiger partial charge in [0.15, 0.2) is 0 Å². The summed E-state index contributed by atoms with van der Waals surface area (Å²) in [6.07, 6.45) is 5.50. The van der Waals surface area contributed by atoms with Crippen molar-refractivity contribution in [2.75, 3.05) is 13.2 Å². The maximum Gasteiger partial charge on any atom is 0.0906 e. The summed E-state index contributed by atoms with van der Waals surface area (Å²) in [5, 5.41) is 3.46. The average Bonchev–Trinajstić information content (AvgIpc) is 2.38. The minimum Gasteiger partial charge on any atom is -0.310 e. The van der Waals surface area contributed by atoms with E-state index in [4.69, 9.17) is 0 Å². The van der Waals surface area contributed by atoms with Gasteiger partial charge in [-0.1, -0.05) is 56.5 Å². The molecule has 0 spiro atoms. The second-order valence-electron chi connectivity index (χ2n) is 4.46. The Morgan fingerprint density at radius 3 is 2.53 bits per heavy atom. The van der Waals surface area contributed by atoms with Crippen LogP contribution in [0.1, 0.15) is 50.6 Å². The van der Waals surface area contributed by atoms with Crippen LogP contribution in [0.4, 0.5) is 4.39 Å². The highest BCUT2D eigenvalue weighted by Gasteiger charge is 2.09. The fourth-order valence-electron chi connectivity index (χ4n) is 2.01. The lowest BCUT2D eigenvalue weighted by atomic mass is 10.0. The zero-order valence-corrected chi connectivity index (χ0v) is 10.8. The first-order valence-corrected chi connectivity index (χ1v) is 6.72. The van der Waals surface area contributed by atoms with Crippen molar-refractivity contribution in [3.8, 4) is 0 Å². The molecule has 1 rings (SSSR count). The number of unbranched alkanes of at least 4 members (excludes halogenated alkanes) is 2. The third-order valence-electron chi connectivity index (χ3n) is 3.00. The van der Waals surface area contributed by atoms with Crippen LogP contribution in [-0.2, 0) is 0 Å². The summed E-state index contributed by atoms with van der Waals surface area (Å²) >= 11 is 0. The Morgan fingerprint density at radius 2 is 1.88 bits per heavy atom. The Bertz CT molecular complexity index is 264. The van der Waals surface area contributed by atoms with Crippen molar-refractivity contribution >= 4 is 0 Å². The maximum absolute atomic E-state index is 12.1. The maximum atomic E-state index is 12.1. The average molecular weight is 237 g/mol. The topological polar surface area (TPSA) is 12.0 Å². The van der Waals surface area contributed by atoms with Crippen molar-refractivity contribution in [2.45, 2.75) is 45.1 Å². The van der Waals surface area contributed by atoms with E-state index in [0.29, 0.717) is 12.5 Å². The van der Waals surface area contributed by atoms with Gasteiger partial charge in [-0.3, -0.25) is 4.39 Å². The third kappa shape index (κ3) is 5.83. The molecule has 0 aliphatic carbocycles. The molecule has 1 N–H and O–H groups in total. The van der Waals surface area contributed by atoms with Gasteiger partial charge in [0.1, 0.15) is 0 Å². The highest BCUT2D eigenvalue weighted by Crippen LogP contribution is 2.19. The van der Waals surface area contributed by atoms with Crippen molar-refractivity contribution in [3.05, 3.63) is 35.9 Å². The van der Waals surface area contributed by atoms with E-state index in [2.05, 4.69) is 36.5 Å². The monoisotopic (exact) mass is 237 g/mol. The molecule has 0 fully saturated rings. The Hall–Kier alpha value is -0.890. The van der Waals surface area contributed by atoms with E-state index < -0.39 is 0 Å². The SMILES string of the molecule is CCCCCC(NCCCF)c1ccccc1. The molecule has 1 aromatic carbocycles. The Morgan fingerprint density at radius 1 is 1.12 bits per heavy atom. The van der Waals surface area contributed by atoms with Crippen LogP contribution >= 0.6 is 0 Å². The summed E-state index contributed by atoms with van der Waals surface area (Å²) in [7, 11) is 0. The fourth-order valence-corrected chi connectivity index (χ4v) is 2.01. The zero-order chi connectivity index (χ0) is 12.3. The lowest BCUT2D eigenvalue weighted by Crippen LogP contribution is -2.22. The number of hydrogen-bond donors (Lipinski definition) is 1. The van der Waals surface area contributed by atoms with E-state index in [1.807, 2.05) is 6.07 Å². The Balaban J connectivity index is 2.46. The molecule has 17 heavy (non-hydrogen) atoms. The van der Waals surface area contributed by atoms with Crippen molar-refractivity contribution in [2.24, 2.45) is 0 Å². The van der Waals surface area contributed by atoms with Gasteiger partial charge in [0.2, 0.25) is 0 Å². The van der Waals surface area contributed by atoms with Gasteiger partial charge in [0, 0.05) is 6.04 Å². The van der Waals surface area contributed by atoms with Crippen LogP contribution in [0, 0.1) is 0 Å². The summed E-state index contributed by atoms with van der Waals surface area (Å²) < 4.78 is 12.1. The van der Waals surface area contributed by atoms with Gasteiger partial charge >= 0.3 is 0 Å². The molecule has 0 aliphatic heterocycles. The molecule has 0 aromatic heterocycles. The molecular formula is C15H24FN. The highest BCUT2D eigenvalue weighted by molar-refractivity contribution is 5.18. The van der Waals surface area contributed by atoms with Crippen LogP contribution in [0.3, 0.4) is 0 Å². The minimum atomic E-state index is -0.233. The molecule has 0 aliphatic rings. The fraction of sp³-hybridized carbons (Fsp3) is 0.600. The smallest absolute Gasteiger partial charge is 0.0906 e. The van der Waals surface area contributed by atoms with Gasteiger partial charge in [0.05, 0.1) is 6.67 Å².